The molecule has 1 aromatic heterocycles. The van der Waals surface area contributed by atoms with E-state index in [0.29, 0.717) is 6.04 Å². The van der Waals surface area contributed by atoms with E-state index < -0.39 is 0 Å². The molecule has 0 aliphatic carbocycles. The van der Waals surface area contributed by atoms with E-state index in [1.54, 1.807) is 0 Å². The van der Waals surface area contributed by atoms with Crippen molar-refractivity contribution < 1.29 is 0 Å². The van der Waals surface area contributed by atoms with E-state index in [1.807, 2.05) is 11.3 Å². The SMILES string of the molecule is CCCNC(Cc1cc(C)cc(C)c1)c1ccc(CC)s1. The summed E-state index contributed by atoms with van der Waals surface area (Å²) >= 11 is 1.96. The number of thiophene rings is 1. The minimum absolute atomic E-state index is 0.441. The van der Waals surface area contributed by atoms with E-state index >= 15 is 0 Å². The molecule has 2 heteroatoms. The van der Waals surface area contributed by atoms with E-state index in [2.05, 4.69) is 63.3 Å². The zero-order chi connectivity index (χ0) is 15.2. The number of rotatable bonds is 7. The Kier molecular flexibility index (Phi) is 6.01. The maximum absolute atomic E-state index is 3.72. The van der Waals surface area contributed by atoms with Gasteiger partial charge in [0.1, 0.15) is 0 Å². The van der Waals surface area contributed by atoms with Crippen molar-refractivity contribution in [2.75, 3.05) is 6.54 Å². The molecule has 0 saturated heterocycles. The molecule has 2 aromatic rings. The quantitative estimate of drug-likeness (QED) is 0.740. The van der Waals surface area contributed by atoms with Crippen LogP contribution in [0.15, 0.2) is 30.3 Å². The van der Waals surface area contributed by atoms with Crippen LogP contribution in [0, 0.1) is 13.8 Å². The fourth-order valence-electron chi connectivity index (χ4n) is 2.79. The third-order valence-electron chi connectivity index (χ3n) is 3.74. The summed E-state index contributed by atoms with van der Waals surface area (Å²) in [6.45, 7) is 9.91. The minimum atomic E-state index is 0.441. The van der Waals surface area contributed by atoms with Gasteiger partial charge in [0.05, 0.1) is 0 Å². The van der Waals surface area contributed by atoms with Crippen molar-refractivity contribution in [2.24, 2.45) is 0 Å². The lowest BCUT2D eigenvalue weighted by Crippen LogP contribution is -2.23. The molecule has 2 rings (SSSR count). The Morgan fingerprint density at radius 3 is 2.33 bits per heavy atom. The average Bonchev–Trinajstić information content (AvgIpc) is 2.91. The number of nitrogens with one attached hydrogen (secondary N) is 1. The van der Waals surface area contributed by atoms with Crippen molar-refractivity contribution in [1.82, 2.24) is 5.32 Å². The Morgan fingerprint density at radius 1 is 1.05 bits per heavy atom. The normalized spacial score (nSPS) is 12.6. The number of aryl methyl sites for hydroxylation is 3. The van der Waals surface area contributed by atoms with Crippen molar-refractivity contribution in [3.05, 3.63) is 56.8 Å². The van der Waals surface area contributed by atoms with Crippen LogP contribution in [0.5, 0.6) is 0 Å². The molecule has 0 amide bonds. The van der Waals surface area contributed by atoms with Crippen LogP contribution < -0.4 is 5.32 Å². The predicted octanol–water partition coefficient (Wildman–Crippen LogP) is 5.21. The molecule has 1 aromatic carbocycles. The molecule has 0 spiro atoms. The van der Waals surface area contributed by atoms with Gasteiger partial charge in [-0.05, 0) is 57.4 Å². The van der Waals surface area contributed by atoms with Gasteiger partial charge in [-0.1, -0.05) is 43.2 Å². The summed E-state index contributed by atoms with van der Waals surface area (Å²) in [4.78, 5) is 2.95. The predicted molar refractivity (Wildman–Crippen MR) is 94.4 cm³/mol. The molecule has 1 unspecified atom stereocenters. The fraction of sp³-hybridized carbons (Fsp3) is 0.474. The molecule has 0 aliphatic rings. The van der Waals surface area contributed by atoms with Gasteiger partial charge >= 0.3 is 0 Å². The summed E-state index contributed by atoms with van der Waals surface area (Å²) in [5, 5.41) is 3.72. The van der Waals surface area contributed by atoms with Crippen LogP contribution in [0.25, 0.3) is 0 Å². The third-order valence-corrected chi connectivity index (χ3v) is 5.08. The van der Waals surface area contributed by atoms with E-state index in [9.17, 15) is 0 Å². The zero-order valence-corrected chi connectivity index (χ0v) is 14.5. The van der Waals surface area contributed by atoms with Crippen molar-refractivity contribution in [1.29, 1.82) is 0 Å². The monoisotopic (exact) mass is 301 g/mol. The van der Waals surface area contributed by atoms with Crippen LogP contribution >= 0.6 is 11.3 Å². The molecular formula is C19H27NS. The summed E-state index contributed by atoms with van der Waals surface area (Å²) in [6.07, 6.45) is 3.39. The van der Waals surface area contributed by atoms with E-state index in [4.69, 9.17) is 0 Å². The van der Waals surface area contributed by atoms with Crippen molar-refractivity contribution in [2.45, 2.75) is 53.0 Å². The fourth-order valence-corrected chi connectivity index (χ4v) is 3.81. The smallest absolute Gasteiger partial charge is 0.0455 e. The molecule has 0 fully saturated rings. The van der Waals surface area contributed by atoms with Crippen LogP contribution in [0.1, 0.15) is 52.8 Å². The molecule has 0 saturated carbocycles. The minimum Gasteiger partial charge on any atom is -0.309 e. The van der Waals surface area contributed by atoms with Crippen LogP contribution in [-0.4, -0.2) is 6.54 Å². The largest absolute Gasteiger partial charge is 0.309 e. The van der Waals surface area contributed by atoms with Gasteiger partial charge in [0.15, 0.2) is 0 Å². The molecular weight excluding hydrogens is 274 g/mol. The van der Waals surface area contributed by atoms with Gasteiger partial charge < -0.3 is 5.32 Å². The Bertz CT molecular complexity index is 550. The molecule has 1 atom stereocenters. The average molecular weight is 301 g/mol. The van der Waals surface area contributed by atoms with E-state index in [0.717, 1.165) is 19.4 Å². The Morgan fingerprint density at radius 2 is 1.76 bits per heavy atom. The molecule has 1 heterocycles. The van der Waals surface area contributed by atoms with Gasteiger partial charge in [-0.15, -0.1) is 11.3 Å². The van der Waals surface area contributed by atoms with Gasteiger partial charge in [-0.3, -0.25) is 0 Å². The second-order valence-electron chi connectivity index (χ2n) is 5.86. The Hall–Kier alpha value is -1.12. The maximum atomic E-state index is 3.72. The summed E-state index contributed by atoms with van der Waals surface area (Å²) in [5.74, 6) is 0. The van der Waals surface area contributed by atoms with Crippen LogP contribution in [0.3, 0.4) is 0 Å². The first-order valence-corrected chi connectivity index (χ1v) is 8.83. The molecule has 1 N–H and O–H groups in total. The first kappa shape index (κ1) is 16.3. The van der Waals surface area contributed by atoms with E-state index in [-0.39, 0.29) is 0 Å². The molecule has 0 radical (unpaired) electrons. The van der Waals surface area contributed by atoms with Crippen LogP contribution in [0.4, 0.5) is 0 Å². The lowest BCUT2D eigenvalue weighted by molar-refractivity contribution is 0.536. The van der Waals surface area contributed by atoms with Crippen molar-refractivity contribution >= 4 is 11.3 Å². The number of hydrogen-bond donors (Lipinski definition) is 1. The van der Waals surface area contributed by atoms with Crippen molar-refractivity contribution in [3.8, 4) is 0 Å². The summed E-state index contributed by atoms with van der Waals surface area (Å²) < 4.78 is 0. The Labute approximate surface area is 133 Å². The highest BCUT2D eigenvalue weighted by molar-refractivity contribution is 7.12. The summed E-state index contributed by atoms with van der Waals surface area (Å²) in [7, 11) is 0. The first-order valence-electron chi connectivity index (χ1n) is 8.01. The van der Waals surface area contributed by atoms with Crippen molar-refractivity contribution in [3.63, 3.8) is 0 Å². The standard InChI is InChI=1S/C19H27NS/c1-5-9-20-18(19-8-7-17(6-2)21-19)13-16-11-14(3)10-15(4)12-16/h7-8,10-12,18,20H,5-6,9,13H2,1-4H3. The van der Waals surface area contributed by atoms with Gasteiger partial charge in [0.2, 0.25) is 0 Å². The highest BCUT2D eigenvalue weighted by Crippen LogP contribution is 2.27. The summed E-state index contributed by atoms with van der Waals surface area (Å²) in [5.41, 5.74) is 4.16. The molecule has 0 aliphatic heterocycles. The molecule has 0 bridgehead atoms. The third kappa shape index (κ3) is 4.69. The van der Waals surface area contributed by atoms with Gasteiger partial charge in [0.25, 0.3) is 0 Å². The number of hydrogen-bond acceptors (Lipinski definition) is 2. The number of benzene rings is 1. The van der Waals surface area contributed by atoms with Crippen LogP contribution in [0.2, 0.25) is 0 Å². The van der Waals surface area contributed by atoms with Gasteiger partial charge in [0, 0.05) is 15.8 Å². The summed E-state index contributed by atoms with van der Waals surface area (Å²) in [6, 6.07) is 11.9. The van der Waals surface area contributed by atoms with Gasteiger partial charge in [-0.2, -0.15) is 0 Å². The van der Waals surface area contributed by atoms with Gasteiger partial charge in [-0.25, -0.2) is 0 Å². The van der Waals surface area contributed by atoms with E-state index in [1.165, 1.54) is 32.9 Å². The molecule has 21 heavy (non-hydrogen) atoms. The Balaban J connectivity index is 2.19. The lowest BCUT2D eigenvalue weighted by atomic mass is 10.00. The zero-order valence-electron chi connectivity index (χ0n) is 13.7. The highest BCUT2D eigenvalue weighted by atomic mass is 32.1. The first-order chi connectivity index (χ1) is 10.1. The topological polar surface area (TPSA) is 12.0 Å². The molecule has 114 valence electrons. The second-order valence-corrected chi connectivity index (χ2v) is 7.06. The highest BCUT2D eigenvalue weighted by Gasteiger charge is 2.14. The second kappa shape index (κ2) is 7.77. The maximum Gasteiger partial charge on any atom is 0.0455 e. The van der Waals surface area contributed by atoms with Crippen LogP contribution in [-0.2, 0) is 12.8 Å². The molecule has 1 nitrogen and oxygen atoms in total. The lowest BCUT2D eigenvalue weighted by Gasteiger charge is -2.18.